The summed E-state index contributed by atoms with van der Waals surface area (Å²) in [6.07, 6.45) is 3.62. The fraction of sp³-hybridized carbons (Fsp3) is 0.278. The van der Waals surface area contributed by atoms with Gasteiger partial charge in [-0.1, -0.05) is 12.1 Å². The molecular formula is C18H19N3O3. The third-order valence-electron chi connectivity index (χ3n) is 3.85. The van der Waals surface area contributed by atoms with Crippen LogP contribution in [0.5, 0.6) is 0 Å². The van der Waals surface area contributed by atoms with E-state index in [2.05, 4.69) is 10.6 Å². The molecule has 1 fully saturated rings. The number of aromatic nitrogens is 1. The van der Waals surface area contributed by atoms with Gasteiger partial charge in [0, 0.05) is 29.1 Å². The zero-order valence-electron chi connectivity index (χ0n) is 13.4. The van der Waals surface area contributed by atoms with Crippen LogP contribution >= 0.6 is 0 Å². The molecule has 1 aliphatic carbocycles. The summed E-state index contributed by atoms with van der Waals surface area (Å²) in [5.41, 5.74) is 1.44. The molecule has 1 aromatic carbocycles. The average Bonchev–Trinajstić information content (AvgIpc) is 3.36. The Hall–Kier alpha value is -2.89. The summed E-state index contributed by atoms with van der Waals surface area (Å²) in [5, 5.41) is 5.63. The molecule has 0 saturated heterocycles. The van der Waals surface area contributed by atoms with Gasteiger partial charge in [-0.2, -0.15) is 0 Å². The molecule has 0 radical (unpaired) electrons. The molecule has 24 heavy (non-hydrogen) atoms. The number of carbonyl (C=O) groups is 2. The summed E-state index contributed by atoms with van der Waals surface area (Å²) in [6, 6.07) is 10.5. The third-order valence-corrected chi connectivity index (χ3v) is 3.85. The number of nitrogens with zero attached hydrogens (tertiary/aromatic N) is 1. The minimum atomic E-state index is -0.317. The summed E-state index contributed by atoms with van der Waals surface area (Å²) >= 11 is 0. The second-order valence-electron chi connectivity index (χ2n) is 6.00. The topological polar surface area (TPSA) is 80.2 Å². The number of anilines is 1. The quantitative estimate of drug-likeness (QED) is 0.878. The molecule has 6 heteroatoms. The Bertz CT molecular complexity index is 837. The Kier molecular flexibility index (Phi) is 4.46. The summed E-state index contributed by atoms with van der Waals surface area (Å²) in [4.78, 5) is 36.1. The zero-order valence-corrected chi connectivity index (χ0v) is 13.4. The second kappa shape index (κ2) is 6.70. The van der Waals surface area contributed by atoms with E-state index in [9.17, 15) is 14.4 Å². The minimum absolute atomic E-state index is 0.0704. The van der Waals surface area contributed by atoms with Crippen LogP contribution in [0.25, 0.3) is 0 Å². The number of nitrogens with one attached hydrogen (secondary N) is 2. The first-order chi connectivity index (χ1) is 11.5. The van der Waals surface area contributed by atoms with E-state index in [1.54, 1.807) is 49.5 Å². The van der Waals surface area contributed by atoms with Crippen LogP contribution in [0.1, 0.15) is 28.8 Å². The fourth-order valence-corrected chi connectivity index (χ4v) is 2.37. The van der Waals surface area contributed by atoms with Gasteiger partial charge in [0.2, 0.25) is 5.91 Å². The number of hydrogen-bond acceptors (Lipinski definition) is 3. The molecule has 2 amide bonds. The van der Waals surface area contributed by atoms with E-state index in [1.165, 1.54) is 4.57 Å². The highest BCUT2D eigenvalue weighted by atomic mass is 16.2. The summed E-state index contributed by atoms with van der Waals surface area (Å²) in [5.74, 6) is -0.453. The molecule has 2 aromatic rings. The smallest absolute Gasteiger partial charge is 0.253 e. The molecular weight excluding hydrogens is 306 g/mol. The minimum Gasteiger partial charge on any atom is -0.349 e. The highest BCUT2D eigenvalue weighted by molar-refractivity contribution is 5.97. The number of rotatable bonds is 5. The maximum atomic E-state index is 12.1. The van der Waals surface area contributed by atoms with Crippen LogP contribution < -0.4 is 16.2 Å². The first kappa shape index (κ1) is 16.0. The predicted molar refractivity (Wildman–Crippen MR) is 91.0 cm³/mol. The van der Waals surface area contributed by atoms with Crippen molar-refractivity contribution in [2.75, 3.05) is 5.32 Å². The predicted octanol–water partition coefficient (Wildman–Crippen LogP) is 1.69. The molecule has 1 aromatic heterocycles. The molecule has 0 aliphatic heterocycles. The largest absolute Gasteiger partial charge is 0.349 e. The molecule has 1 heterocycles. The molecule has 124 valence electrons. The molecule has 0 spiro atoms. The van der Waals surface area contributed by atoms with Crippen LogP contribution in [0.15, 0.2) is 47.4 Å². The monoisotopic (exact) mass is 325 g/mol. The lowest BCUT2D eigenvalue weighted by Gasteiger charge is -2.09. The Morgan fingerprint density at radius 1 is 1.21 bits per heavy atom. The number of pyridine rings is 1. The van der Waals surface area contributed by atoms with E-state index in [-0.39, 0.29) is 30.0 Å². The highest BCUT2D eigenvalue weighted by Crippen LogP contribution is 2.20. The normalized spacial score (nSPS) is 13.4. The lowest BCUT2D eigenvalue weighted by molar-refractivity contribution is -0.116. The highest BCUT2D eigenvalue weighted by Gasteiger charge is 2.23. The Labute approximate surface area is 139 Å². The van der Waals surface area contributed by atoms with Gasteiger partial charge in [0.25, 0.3) is 11.5 Å². The first-order valence-electron chi connectivity index (χ1n) is 7.90. The van der Waals surface area contributed by atoms with Crippen LogP contribution in [-0.2, 0) is 11.3 Å². The Morgan fingerprint density at radius 3 is 2.75 bits per heavy atom. The SMILES string of the molecule is Cc1cccn(CC(=O)Nc2cccc(C(=O)NC3CC3)c2)c1=O. The second-order valence-corrected chi connectivity index (χ2v) is 6.00. The standard InChI is InChI=1S/C18H19N3O3/c1-12-4-3-9-21(18(12)24)11-16(22)19-15-6-2-5-13(10-15)17(23)20-14-7-8-14/h2-6,9-10,14H,7-8,11H2,1H3,(H,19,22)(H,20,23). The van der Waals surface area contributed by atoms with E-state index in [1.807, 2.05) is 0 Å². The third kappa shape index (κ3) is 3.90. The summed E-state index contributed by atoms with van der Waals surface area (Å²) in [6.45, 7) is 1.64. The van der Waals surface area contributed by atoms with Crippen molar-refractivity contribution in [3.8, 4) is 0 Å². The summed E-state index contributed by atoms with van der Waals surface area (Å²) < 4.78 is 1.36. The van der Waals surface area contributed by atoms with Gasteiger partial charge in [-0.3, -0.25) is 14.4 Å². The molecule has 3 rings (SSSR count). The van der Waals surface area contributed by atoms with Gasteiger partial charge in [0.15, 0.2) is 0 Å². The van der Waals surface area contributed by atoms with E-state index >= 15 is 0 Å². The van der Waals surface area contributed by atoms with E-state index in [4.69, 9.17) is 0 Å². The number of benzene rings is 1. The van der Waals surface area contributed by atoms with Gasteiger partial charge in [-0.15, -0.1) is 0 Å². The first-order valence-corrected chi connectivity index (χ1v) is 7.90. The fourth-order valence-electron chi connectivity index (χ4n) is 2.37. The van der Waals surface area contributed by atoms with Gasteiger partial charge < -0.3 is 15.2 Å². The van der Waals surface area contributed by atoms with Crippen molar-refractivity contribution in [3.63, 3.8) is 0 Å². The van der Waals surface area contributed by atoms with Gasteiger partial charge in [0.1, 0.15) is 6.54 Å². The molecule has 0 atom stereocenters. The number of amides is 2. The van der Waals surface area contributed by atoms with Crippen molar-refractivity contribution in [3.05, 3.63) is 64.1 Å². The Morgan fingerprint density at radius 2 is 2.00 bits per heavy atom. The van der Waals surface area contributed by atoms with E-state index in [0.717, 1.165) is 12.8 Å². The molecule has 0 unspecified atom stereocenters. The van der Waals surface area contributed by atoms with E-state index in [0.29, 0.717) is 16.8 Å². The van der Waals surface area contributed by atoms with Crippen LogP contribution in [0.2, 0.25) is 0 Å². The van der Waals surface area contributed by atoms with E-state index < -0.39 is 0 Å². The van der Waals surface area contributed by atoms with Crippen LogP contribution in [0.4, 0.5) is 5.69 Å². The summed E-state index contributed by atoms with van der Waals surface area (Å²) in [7, 11) is 0. The maximum Gasteiger partial charge on any atom is 0.253 e. The average molecular weight is 325 g/mol. The van der Waals surface area contributed by atoms with Gasteiger partial charge in [0.05, 0.1) is 0 Å². The molecule has 2 N–H and O–H groups in total. The van der Waals surface area contributed by atoms with Gasteiger partial charge in [-0.25, -0.2) is 0 Å². The molecule has 0 bridgehead atoms. The lowest BCUT2D eigenvalue weighted by atomic mass is 10.2. The number of aryl methyl sites for hydroxylation is 1. The lowest BCUT2D eigenvalue weighted by Crippen LogP contribution is -2.28. The maximum absolute atomic E-state index is 12.1. The van der Waals surface area contributed by atoms with Gasteiger partial charge in [-0.05, 0) is 44.0 Å². The van der Waals surface area contributed by atoms with Crippen LogP contribution in [0.3, 0.4) is 0 Å². The molecule has 6 nitrogen and oxygen atoms in total. The number of carbonyl (C=O) groups excluding carboxylic acids is 2. The van der Waals surface area contributed by atoms with Crippen molar-refractivity contribution < 1.29 is 9.59 Å². The van der Waals surface area contributed by atoms with Crippen molar-refractivity contribution in [2.24, 2.45) is 0 Å². The molecule has 1 aliphatic rings. The van der Waals surface area contributed by atoms with Crippen LogP contribution in [0, 0.1) is 6.92 Å². The Balaban J connectivity index is 1.66. The van der Waals surface area contributed by atoms with Gasteiger partial charge >= 0.3 is 0 Å². The van der Waals surface area contributed by atoms with Crippen molar-refractivity contribution in [2.45, 2.75) is 32.4 Å². The van der Waals surface area contributed by atoms with Crippen molar-refractivity contribution in [1.82, 2.24) is 9.88 Å². The molecule has 1 saturated carbocycles. The van der Waals surface area contributed by atoms with Crippen molar-refractivity contribution in [1.29, 1.82) is 0 Å². The van der Waals surface area contributed by atoms with Crippen LogP contribution in [-0.4, -0.2) is 22.4 Å². The zero-order chi connectivity index (χ0) is 17.1. The number of hydrogen-bond donors (Lipinski definition) is 2. The van der Waals surface area contributed by atoms with Crippen molar-refractivity contribution >= 4 is 17.5 Å².